The maximum absolute atomic E-state index is 5.57. The van der Waals surface area contributed by atoms with Crippen LogP contribution in [-0.4, -0.2) is 69.9 Å². The molecule has 2 rings (SSSR count). The summed E-state index contributed by atoms with van der Waals surface area (Å²) in [6, 6.07) is 3.94. The molecular formula is C20H33N3O3S. The summed E-state index contributed by atoms with van der Waals surface area (Å²) in [4.78, 5) is 6.85. The Morgan fingerprint density at radius 1 is 1.22 bits per heavy atom. The minimum atomic E-state index is 0.634. The zero-order chi connectivity index (χ0) is 19.8. The van der Waals surface area contributed by atoms with Crippen molar-refractivity contribution in [3.63, 3.8) is 0 Å². The van der Waals surface area contributed by atoms with Gasteiger partial charge in [0, 0.05) is 43.2 Å². The topological polar surface area (TPSA) is 55.3 Å². The van der Waals surface area contributed by atoms with Crippen LogP contribution in [0.25, 0.3) is 0 Å². The quantitative estimate of drug-likeness (QED) is 0.566. The number of hydrogen-bond acceptors (Lipinski definition) is 5. The first-order chi connectivity index (χ1) is 13.0. The summed E-state index contributed by atoms with van der Waals surface area (Å²) in [5, 5.41) is 4.16. The average Bonchev–Trinajstić information content (AvgIpc) is 2.70. The maximum Gasteiger partial charge on any atom is 0.203 e. The summed E-state index contributed by atoms with van der Waals surface area (Å²) in [6.45, 7) is 7.44. The zero-order valence-electron chi connectivity index (χ0n) is 17.4. The second kappa shape index (κ2) is 10.5. The lowest BCUT2D eigenvalue weighted by molar-refractivity contribution is 0.322. The Bertz CT molecular complexity index is 637. The van der Waals surface area contributed by atoms with E-state index in [9.17, 15) is 0 Å². The minimum absolute atomic E-state index is 0.634. The van der Waals surface area contributed by atoms with Crippen molar-refractivity contribution in [1.82, 2.24) is 10.2 Å². The van der Waals surface area contributed by atoms with Crippen LogP contribution in [0.15, 0.2) is 17.1 Å². The highest BCUT2D eigenvalue weighted by molar-refractivity contribution is 8.00. The number of benzene rings is 1. The standard InChI is InChI=1S/C20H33N3O3S/c1-14(2)17-13-23(11-12-27-17)20(21-3)22-10-9-15-7-8-16(24-4)19(26-6)18(15)25-5/h7-8,14,17H,9-13H2,1-6H3,(H,21,22). The van der Waals surface area contributed by atoms with Crippen molar-refractivity contribution in [2.75, 3.05) is 53.8 Å². The lowest BCUT2D eigenvalue weighted by Crippen LogP contribution is -2.49. The number of hydrogen-bond donors (Lipinski definition) is 1. The first-order valence-electron chi connectivity index (χ1n) is 9.40. The van der Waals surface area contributed by atoms with E-state index < -0.39 is 0 Å². The Kier molecular flexibility index (Phi) is 8.41. The molecule has 0 spiro atoms. The van der Waals surface area contributed by atoms with Crippen molar-refractivity contribution < 1.29 is 14.2 Å². The fourth-order valence-corrected chi connectivity index (χ4v) is 4.57. The molecule has 1 aromatic carbocycles. The van der Waals surface area contributed by atoms with Gasteiger partial charge in [-0.25, -0.2) is 0 Å². The molecule has 7 heteroatoms. The second-order valence-corrected chi connectivity index (χ2v) is 8.16. The van der Waals surface area contributed by atoms with Gasteiger partial charge in [0.05, 0.1) is 21.3 Å². The SMILES string of the molecule is CN=C(NCCc1ccc(OC)c(OC)c1OC)N1CCSC(C(C)C)C1. The lowest BCUT2D eigenvalue weighted by Gasteiger charge is -2.36. The van der Waals surface area contributed by atoms with Crippen molar-refractivity contribution >= 4 is 17.7 Å². The van der Waals surface area contributed by atoms with Gasteiger partial charge >= 0.3 is 0 Å². The third-order valence-corrected chi connectivity index (χ3v) is 6.35. The summed E-state index contributed by atoms with van der Waals surface area (Å²) in [5.74, 6) is 4.82. The Balaban J connectivity index is 2.00. The summed E-state index contributed by atoms with van der Waals surface area (Å²) in [7, 11) is 6.77. The molecule has 1 heterocycles. The molecule has 0 amide bonds. The van der Waals surface area contributed by atoms with Crippen LogP contribution in [0.3, 0.4) is 0 Å². The molecule has 27 heavy (non-hydrogen) atoms. The Labute approximate surface area is 167 Å². The van der Waals surface area contributed by atoms with Gasteiger partial charge in [0.2, 0.25) is 5.75 Å². The molecule has 1 fully saturated rings. The molecule has 1 N–H and O–H groups in total. The highest BCUT2D eigenvalue weighted by Gasteiger charge is 2.25. The van der Waals surface area contributed by atoms with E-state index in [1.54, 1.807) is 21.3 Å². The van der Waals surface area contributed by atoms with Gasteiger partial charge in [0.15, 0.2) is 17.5 Å². The summed E-state index contributed by atoms with van der Waals surface area (Å²) in [6.07, 6.45) is 0.804. The van der Waals surface area contributed by atoms with Gasteiger partial charge in [-0.05, 0) is 18.4 Å². The van der Waals surface area contributed by atoms with E-state index in [1.807, 2.05) is 19.2 Å². The van der Waals surface area contributed by atoms with E-state index in [1.165, 1.54) is 0 Å². The highest BCUT2D eigenvalue weighted by atomic mass is 32.2. The van der Waals surface area contributed by atoms with Gasteiger partial charge in [-0.3, -0.25) is 4.99 Å². The molecule has 6 nitrogen and oxygen atoms in total. The minimum Gasteiger partial charge on any atom is -0.493 e. The maximum atomic E-state index is 5.57. The van der Waals surface area contributed by atoms with Gasteiger partial charge in [-0.15, -0.1) is 0 Å². The third-order valence-electron chi connectivity index (χ3n) is 4.81. The predicted molar refractivity (Wildman–Crippen MR) is 114 cm³/mol. The normalized spacial score (nSPS) is 17.8. The Morgan fingerprint density at radius 3 is 2.56 bits per heavy atom. The molecule has 0 aromatic heterocycles. The number of ether oxygens (including phenoxy) is 3. The first kappa shape index (κ1) is 21.5. The van der Waals surface area contributed by atoms with E-state index in [2.05, 4.69) is 40.8 Å². The van der Waals surface area contributed by atoms with Crippen molar-refractivity contribution in [2.24, 2.45) is 10.9 Å². The number of nitrogens with one attached hydrogen (secondary N) is 1. The van der Waals surface area contributed by atoms with E-state index in [-0.39, 0.29) is 0 Å². The summed E-state index contributed by atoms with van der Waals surface area (Å²) >= 11 is 2.07. The van der Waals surface area contributed by atoms with Crippen LogP contribution in [0.4, 0.5) is 0 Å². The van der Waals surface area contributed by atoms with Gasteiger partial charge < -0.3 is 24.4 Å². The number of guanidine groups is 1. The highest BCUT2D eigenvalue weighted by Crippen LogP contribution is 2.39. The monoisotopic (exact) mass is 395 g/mol. The molecular weight excluding hydrogens is 362 g/mol. The van der Waals surface area contributed by atoms with Crippen LogP contribution in [-0.2, 0) is 6.42 Å². The van der Waals surface area contributed by atoms with Crippen LogP contribution >= 0.6 is 11.8 Å². The molecule has 1 aliphatic heterocycles. The van der Waals surface area contributed by atoms with Crippen LogP contribution < -0.4 is 19.5 Å². The number of methoxy groups -OCH3 is 3. The molecule has 0 radical (unpaired) electrons. The van der Waals surface area contributed by atoms with Crippen LogP contribution in [0.2, 0.25) is 0 Å². The van der Waals surface area contributed by atoms with E-state index in [0.717, 1.165) is 49.1 Å². The molecule has 1 aromatic rings. The average molecular weight is 396 g/mol. The fraction of sp³-hybridized carbons (Fsp3) is 0.650. The number of thioether (sulfide) groups is 1. The Hall–Kier alpha value is -1.76. The van der Waals surface area contributed by atoms with E-state index >= 15 is 0 Å². The molecule has 1 saturated heterocycles. The Morgan fingerprint density at radius 2 is 1.96 bits per heavy atom. The lowest BCUT2D eigenvalue weighted by atomic mass is 10.1. The van der Waals surface area contributed by atoms with Gasteiger partial charge in [0.25, 0.3) is 0 Å². The first-order valence-corrected chi connectivity index (χ1v) is 10.5. The molecule has 152 valence electrons. The molecule has 1 atom stereocenters. The summed E-state index contributed by atoms with van der Waals surface area (Å²) in [5.41, 5.74) is 1.08. The molecule has 1 unspecified atom stereocenters. The van der Waals surface area contributed by atoms with Gasteiger partial charge in [-0.2, -0.15) is 11.8 Å². The van der Waals surface area contributed by atoms with Crippen LogP contribution in [0.5, 0.6) is 17.2 Å². The smallest absolute Gasteiger partial charge is 0.203 e. The predicted octanol–water partition coefficient (Wildman–Crippen LogP) is 2.90. The van der Waals surface area contributed by atoms with Crippen molar-refractivity contribution in [2.45, 2.75) is 25.5 Å². The molecule has 1 aliphatic rings. The fourth-order valence-electron chi connectivity index (χ4n) is 3.27. The van der Waals surface area contributed by atoms with Gasteiger partial charge in [0.1, 0.15) is 0 Å². The van der Waals surface area contributed by atoms with Crippen molar-refractivity contribution in [1.29, 1.82) is 0 Å². The number of aliphatic imine (C=N–C) groups is 1. The number of rotatable bonds is 7. The van der Waals surface area contributed by atoms with Crippen LogP contribution in [0.1, 0.15) is 19.4 Å². The van der Waals surface area contributed by atoms with Gasteiger partial charge in [-0.1, -0.05) is 19.9 Å². The molecule has 0 aliphatic carbocycles. The summed E-state index contributed by atoms with van der Waals surface area (Å²) < 4.78 is 16.4. The second-order valence-electron chi connectivity index (χ2n) is 6.82. The van der Waals surface area contributed by atoms with E-state index in [0.29, 0.717) is 22.7 Å². The number of nitrogens with zero attached hydrogens (tertiary/aromatic N) is 2. The van der Waals surface area contributed by atoms with Crippen LogP contribution in [0, 0.1) is 5.92 Å². The third kappa shape index (κ3) is 5.37. The largest absolute Gasteiger partial charge is 0.493 e. The van der Waals surface area contributed by atoms with E-state index in [4.69, 9.17) is 14.2 Å². The molecule has 0 bridgehead atoms. The van der Waals surface area contributed by atoms with Crippen molar-refractivity contribution in [3.05, 3.63) is 17.7 Å². The zero-order valence-corrected chi connectivity index (χ0v) is 18.2. The van der Waals surface area contributed by atoms with Crippen molar-refractivity contribution in [3.8, 4) is 17.2 Å². The molecule has 0 saturated carbocycles.